The van der Waals surface area contributed by atoms with Gasteiger partial charge < -0.3 is 14.6 Å². The van der Waals surface area contributed by atoms with Gasteiger partial charge in [0.15, 0.2) is 5.96 Å². The molecule has 0 unspecified atom stereocenters. The van der Waals surface area contributed by atoms with Crippen molar-refractivity contribution in [1.29, 1.82) is 0 Å². The summed E-state index contributed by atoms with van der Waals surface area (Å²) in [6, 6.07) is 6.04. The molecule has 120 valence electrons. The number of nitrogens with zero attached hydrogens (tertiary/aromatic N) is 4. The molecule has 1 aliphatic rings. The molecular weight excluding hydrogens is 389 g/mol. The number of nitrogens with one attached hydrogen (secondary N) is 1. The maximum absolute atomic E-state index is 4.60. The molecule has 1 fully saturated rings. The molecule has 22 heavy (non-hydrogen) atoms. The van der Waals surface area contributed by atoms with Crippen molar-refractivity contribution in [3.05, 3.63) is 36.3 Å². The van der Waals surface area contributed by atoms with Crippen LogP contribution in [0.3, 0.4) is 0 Å². The third-order valence-corrected chi connectivity index (χ3v) is 4.14. The van der Waals surface area contributed by atoms with E-state index in [0.29, 0.717) is 6.54 Å². The first-order valence-corrected chi connectivity index (χ1v) is 7.64. The molecule has 2 aromatic heterocycles. The zero-order valence-electron chi connectivity index (χ0n) is 13.2. The van der Waals surface area contributed by atoms with Gasteiger partial charge in [-0.1, -0.05) is 13.0 Å². The van der Waals surface area contributed by atoms with Gasteiger partial charge in [0.1, 0.15) is 5.65 Å². The Morgan fingerprint density at radius 3 is 2.82 bits per heavy atom. The molecule has 2 aromatic rings. The molecule has 1 N–H and O–H groups in total. The lowest BCUT2D eigenvalue weighted by molar-refractivity contribution is 0.273. The highest BCUT2D eigenvalue weighted by atomic mass is 127. The smallest absolute Gasteiger partial charge is 0.193 e. The third-order valence-electron chi connectivity index (χ3n) is 4.14. The first-order chi connectivity index (χ1) is 10.3. The van der Waals surface area contributed by atoms with E-state index in [4.69, 9.17) is 0 Å². The summed E-state index contributed by atoms with van der Waals surface area (Å²) in [4.78, 5) is 11.3. The van der Waals surface area contributed by atoms with Crippen LogP contribution in [0, 0.1) is 5.92 Å². The number of aromatic nitrogens is 2. The minimum atomic E-state index is 0. The molecular formula is C16H24IN5. The fourth-order valence-corrected chi connectivity index (χ4v) is 2.79. The normalized spacial score (nSPS) is 16.6. The molecule has 0 aliphatic carbocycles. The van der Waals surface area contributed by atoms with Crippen LogP contribution in [0.4, 0.5) is 0 Å². The van der Waals surface area contributed by atoms with Crippen molar-refractivity contribution in [2.24, 2.45) is 10.9 Å². The van der Waals surface area contributed by atoms with Gasteiger partial charge in [-0.3, -0.25) is 4.99 Å². The van der Waals surface area contributed by atoms with E-state index in [1.165, 1.54) is 12.8 Å². The average molecular weight is 413 g/mol. The van der Waals surface area contributed by atoms with Gasteiger partial charge in [-0.2, -0.15) is 0 Å². The average Bonchev–Trinajstić information content (AvgIpc) is 2.92. The molecule has 5 nitrogen and oxygen atoms in total. The van der Waals surface area contributed by atoms with Gasteiger partial charge in [0, 0.05) is 32.5 Å². The van der Waals surface area contributed by atoms with Gasteiger partial charge in [-0.25, -0.2) is 4.98 Å². The lowest BCUT2D eigenvalue weighted by atomic mass is 10.00. The second kappa shape index (κ2) is 7.80. The highest BCUT2D eigenvalue weighted by molar-refractivity contribution is 14.0. The third kappa shape index (κ3) is 3.91. The fraction of sp³-hybridized carbons (Fsp3) is 0.500. The van der Waals surface area contributed by atoms with E-state index in [9.17, 15) is 0 Å². The van der Waals surface area contributed by atoms with Crippen LogP contribution in [0.15, 0.2) is 35.6 Å². The van der Waals surface area contributed by atoms with Crippen LogP contribution in [0.1, 0.15) is 25.5 Å². The first-order valence-electron chi connectivity index (χ1n) is 7.64. The quantitative estimate of drug-likeness (QED) is 0.468. The number of fused-ring (bicyclic) bond motifs is 1. The van der Waals surface area contributed by atoms with Crippen molar-refractivity contribution >= 4 is 35.6 Å². The zero-order chi connectivity index (χ0) is 14.7. The predicted octanol–water partition coefficient (Wildman–Crippen LogP) is 2.76. The summed E-state index contributed by atoms with van der Waals surface area (Å²) in [5.74, 6) is 1.82. The maximum Gasteiger partial charge on any atom is 0.193 e. The summed E-state index contributed by atoms with van der Waals surface area (Å²) in [5, 5.41) is 3.43. The van der Waals surface area contributed by atoms with Crippen molar-refractivity contribution < 1.29 is 0 Å². The molecule has 3 heterocycles. The van der Waals surface area contributed by atoms with E-state index in [1.54, 1.807) is 0 Å². The van der Waals surface area contributed by atoms with E-state index in [2.05, 4.69) is 33.3 Å². The van der Waals surface area contributed by atoms with E-state index >= 15 is 0 Å². The molecule has 6 heteroatoms. The number of likely N-dealkylation sites (tertiary alicyclic amines) is 1. The van der Waals surface area contributed by atoms with Crippen LogP contribution in [0.2, 0.25) is 0 Å². The fourth-order valence-electron chi connectivity index (χ4n) is 2.79. The van der Waals surface area contributed by atoms with E-state index < -0.39 is 0 Å². The second-order valence-corrected chi connectivity index (χ2v) is 5.77. The van der Waals surface area contributed by atoms with Gasteiger partial charge in [-0.15, -0.1) is 24.0 Å². The SMILES string of the molecule is CN=C(NCc1cn2ccccc2n1)N1CCC(C)CC1.I. The number of aliphatic imine (C=N–C) groups is 1. The minimum Gasteiger partial charge on any atom is -0.351 e. The Morgan fingerprint density at radius 2 is 2.14 bits per heavy atom. The number of piperidine rings is 1. The van der Waals surface area contributed by atoms with E-state index in [1.807, 2.05) is 35.8 Å². The topological polar surface area (TPSA) is 44.9 Å². The van der Waals surface area contributed by atoms with Gasteiger partial charge in [-0.05, 0) is 30.9 Å². The Labute approximate surface area is 148 Å². The second-order valence-electron chi connectivity index (χ2n) is 5.77. The number of guanidine groups is 1. The van der Waals surface area contributed by atoms with Crippen molar-refractivity contribution in [2.45, 2.75) is 26.3 Å². The van der Waals surface area contributed by atoms with Crippen LogP contribution in [0.25, 0.3) is 5.65 Å². The number of halogens is 1. The number of rotatable bonds is 2. The largest absolute Gasteiger partial charge is 0.351 e. The van der Waals surface area contributed by atoms with Crippen molar-refractivity contribution in [3.8, 4) is 0 Å². The molecule has 1 saturated heterocycles. The molecule has 0 amide bonds. The first kappa shape index (κ1) is 17.1. The van der Waals surface area contributed by atoms with E-state index in [-0.39, 0.29) is 24.0 Å². The van der Waals surface area contributed by atoms with Gasteiger partial charge in [0.05, 0.1) is 12.2 Å². The molecule has 0 saturated carbocycles. The van der Waals surface area contributed by atoms with Crippen LogP contribution in [-0.2, 0) is 6.54 Å². The van der Waals surface area contributed by atoms with Gasteiger partial charge in [0.25, 0.3) is 0 Å². The summed E-state index contributed by atoms with van der Waals surface area (Å²) >= 11 is 0. The summed E-state index contributed by atoms with van der Waals surface area (Å²) in [7, 11) is 1.85. The summed E-state index contributed by atoms with van der Waals surface area (Å²) in [6.07, 6.45) is 6.57. The predicted molar refractivity (Wildman–Crippen MR) is 101 cm³/mol. The molecule has 1 aliphatic heterocycles. The molecule has 0 spiro atoms. The van der Waals surface area contributed by atoms with Crippen LogP contribution < -0.4 is 5.32 Å². The minimum absolute atomic E-state index is 0. The van der Waals surface area contributed by atoms with Gasteiger partial charge >= 0.3 is 0 Å². The highest BCUT2D eigenvalue weighted by Gasteiger charge is 2.18. The lowest BCUT2D eigenvalue weighted by Crippen LogP contribution is -2.45. The molecule has 0 bridgehead atoms. The van der Waals surface area contributed by atoms with Crippen LogP contribution in [0.5, 0.6) is 0 Å². The Balaban J connectivity index is 0.00000176. The number of hydrogen-bond donors (Lipinski definition) is 1. The van der Waals surface area contributed by atoms with Crippen molar-refractivity contribution in [3.63, 3.8) is 0 Å². The summed E-state index contributed by atoms with van der Waals surface area (Å²) < 4.78 is 2.04. The van der Waals surface area contributed by atoms with Crippen LogP contribution >= 0.6 is 24.0 Å². The number of hydrogen-bond acceptors (Lipinski definition) is 2. The number of imidazole rings is 1. The van der Waals surface area contributed by atoms with Crippen molar-refractivity contribution in [1.82, 2.24) is 19.6 Å². The molecule has 3 rings (SSSR count). The summed E-state index contributed by atoms with van der Waals surface area (Å²) in [6.45, 7) is 5.21. The Bertz CT molecular complexity index is 595. The van der Waals surface area contributed by atoms with E-state index in [0.717, 1.165) is 36.3 Å². The maximum atomic E-state index is 4.60. The van der Waals surface area contributed by atoms with Crippen molar-refractivity contribution in [2.75, 3.05) is 20.1 Å². The Morgan fingerprint density at radius 1 is 1.36 bits per heavy atom. The molecule has 0 aromatic carbocycles. The number of pyridine rings is 1. The zero-order valence-corrected chi connectivity index (χ0v) is 15.5. The van der Waals surface area contributed by atoms with Gasteiger partial charge in [0.2, 0.25) is 0 Å². The monoisotopic (exact) mass is 413 g/mol. The lowest BCUT2D eigenvalue weighted by Gasteiger charge is -2.32. The summed E-state index contributed by atoms with van der Waals surface area (Å²) in [5.41, 5.74) is 2.02. The highest BCUT2D eigenvalue weighted by Crippen LogP contribution is 2.16. The standard InChI is InChI=1S/C16H23N5.HI/c1-13-6-9-20(10-7-13)16(17-2)18-11-14-12-21-8-4-3-5-15(21)19-14;/h3-5,8,12-13H,6-7,9-11H2,1-2H3,(H,17,18);1H. The van der Waals surface area contributed by atoms with Crippen LogP contribution in [-0.4, -0.2) is 40.4 Å². The molecule has 0 atom stereocenters. The Kier molecular flexibility index (Phi) is 6.05. The molecule has 0 radical (unpaired) electrons. The Hall–Kier alpha value is -1.31.